The average molecular weight is 430 g/mol. The molecule has 0 aliphatic heterocycles. The van der Waals surface area contributed by atoms with Gasteiger partial charge in [0, 0.05) is 35.3 Å². The van der Waals surface area contributed by atoms with Crippen molar-refractivity contribution >= 4 is 31.9 Å². The van der Waals surface area contributed by atoms with E-state index in [4.69, 9.17) is 4.74 Å². The summed E-state index contributed by atoms with van der Waals surface area (Å²) in [7, 11) is -3.45. The Balaban J connectivity index is 2.10. The molecule has 0 spiro atoms. The zero-order chi connectivity index (χ0) is 18.5. The molecule has 0 aliphatic rings. The summed E-state index contributed by atoms with van der Waals surface area (Å²) >= 11 is 3.00. The number of hydrogen-bond donors (Lipinski definition) is 1. The van der Waals surface area contributed by atoms with Crippen molar-refractivity contribution < 1.29 is 17.9 Å². The van der Waals surface area contributed by atoms with Crippen LogP contribution >= 0.6 is 15.9 Å². The van der Waals surface area contributed by atoms with Gasteiger partial charge in [-0.25, -0.2) is 13.1 Å². The molecule has 138 valence electrons. The van der Waals surface area contributed by atoms with Gasteiger partial charge in [0.15, 0.2) is 0 Å². The molecule has 7 heteroatoms. The number of unbranched alkanes of at least 4 members (excludes halogenated alkanes) is 3. The van der Waals surface area contributed by atoms with Gasteiger partial charge in [-0.05, 0) is 49.6 Å². The van der Waals surface area contributed by atoms with Crippen molar-refractivity contribution in [3.05, 3.63) is 29.8 Å². The normalized spacial score (nSPS) is 10.8. The van der Waals surface area contributed by atoms with E-state index in [9.17, 15) is 13.2 Å². The summed E-state index contributed by atoms with van der Waals surface area (Å²) in [6.07, 6.45) is 3.94. The molecule has 1 rings (SSSR count). The van der Waals surface area contributed by atoms with E-state index in [1.165, 1.54) is 0 Å². The molecule has 5 nitrogen and oxygen atoms in total. The van der Waals surface area contributed by atoms with Crippen LogP contribution in [0.3, 0.4) is 0 Å². The first kappa shape index (κ1) is 21.7. The molecule has 25 heavy (non-hydrogen) atoms. The minimum atomic E-state index is -3.45. The number of aryl methyl sites for hydroxylation is 1. The molecule has 1 aromatic rings. The summed E-state index contributed by atoms with van der Waals surface area (Å²) in [5, 5.41) is 0. The Kier molecular flexibility index (Phi) is 10.5. The van der Waals surface area contributed by atoms with Gasteiger partial charge in [0.1, 0.15) is 0 Å². The van der Waals surface area contributed by atoms with Crippen LogP contribution in [0, 0.1) is 17.7 Å². The molecule has 0 atom stereocenters. The standard InChI is InChI=1S/C18H24BrNO4S/c1-16-9-11-17(12-10-16)25(22,23)20-14-6-3-7-15-24-18(21)8-4-2-5-13-19/h9-12,20H,2-4,6-8,14-15H2,1H3. The molecule has 0 amide bonds. The molecule has 0 bridgehead atoms. The van der Waals surface area contributed by atoms with Crippen LogP contribution in [-0.2, 0) is 19.6 Å². The first-order valence-electron chi connectivity index (χ1n) is 8.26. The maximum Gasteiger partial charge on any atom is 0.305 e. The fraction of sp³-hybridized carbons (Fsp3) is 0.500. The fourth-order valence-electron chi connectivity index (χ4n) is 2.04. The number of rotatable bonds is 11. The zero-order valence-corrected chi connectivity index (χ0v) is 16.8. The van der Waals surface area contributed by atoms with E-state index in [-0.39, 0.29) is 10.9 Å². The molecule has 0 heterocycles. The smallest absolute Gasteiger partial charge is 0.305 e. The van der Waals surface area contributed by atoms with Gasteiger partial charge in [-0.2, -0.15) is 0 Å². The molecule has 0 aromatic heterocycles. The van der Waals surface area contributed by atoms with E-state index in [0.717, 1.165) is 18.4 Å². The number of ether oxygens (including phenoxy) is 1. The number of sulfonamides is 1. The quantitative estimate of drug-likeness (QED) is 0.331. The topological polar surface area (TPSA) is 72.5 Å². The van der Waals surface area contributed by atoms with Crippen molar-refractivity contribution in [3.8, 4) is 10.8 Å². The van der Waals surface area contributed by atoms with E-state index in [0.29, 0.717) is 38.8 Å². The number of carbonyl (C=O) groups excluding carboxylic acids is 1. The molecule has 1 aromatic carbocycles. The van der Waals surface area contributed by atoms with Gasteiger partial charge in [0.25, 0.3) is 0 Å². The van der Waals surface area contributed by atoms with Crippen molar-refractivity contribution in [2.75, 3.05) is 13.2 Å². The van der Waals surface area contributed by atoms with Crippen LogP contribution in [-0.4, -0.2) is 27.5 Å². The fourth-order valence-corrected chi connectivity index (χ4v) is 3.31. The van der Waals surface area contributed by atoms with Crippen molar-refractivity contribution in [1.82, 2.24) is 4.72 Å². The van der Waals surface area contributed by atoms with Crippen molar-refractivity contribution in [1.29, 1.82) is 0 Å². The number of halogens is 1. The maximum atomic E-state index is 12.1. The minimum absolute atomic E-state index is 0.212. The Morgan fingerprint density at radius 1 is 1.16 bits per heavy atom. The Morgan fingerprint density at radius 2 is 1.88 bits per heavy atom. The summed E-state index contributed by atoms with van der Waals surface area (Å²) in [6, 6.07) is 6.74. The molecule has 0 radical (unpaired) electrons. The highest BCUT2D eigenvalue weighted by Crippen LogP contribution is 2.10. The lowest BCUT2D eigenvalue weighted by Crippen LogP contribution is -2.24. The van der Waals surface area contributed by atoms with Gasteiger partial charge in [-0.1, -0.05) is 23.6 Å². The Hall–Kier alpha value is -1.36. The van der Waals surface area contributed by atoms with Crippen LogP contribution in [0.2, 0.25) is 0 Å². The van der Waals surface area contributed by atoms with Crippen LogP contribution in [0.4, 0.5) is 0 Å². The third-order valence-electron chi connectivity index (χ3n) is 3.46. The molecule has 0 saturated heterocycles. The molecule has 0 saturated carbocycles. The van der Waals surface area contributed by atoms with E-state index in [1.807, 2.05) is 6.92 Å². The largest absolute Gasteiger partial charge is 0.466 e. The molecular formula is C18H24BrNO4S. The van der Waals surface area contributed by atoms with E-state index in [1.54, 1.807) is 24.3 Å². The second-order valence-electron chi connectivity index (χ2n) is 5.62. The number of carbonyl (C=O) groups is 1. The van der Waals surface area contributed by atoms with Gasteiger partial charge in [0.05, 0.1) is 11.5 Å². The lowest BCUT2D eigenvalue weighted by molar-refractivity contribution is -0.143. The van der Waals surface area contributed by atoms with E-state index in [2.05, 4.69) is 31.4 Å². The van der Waals surface area contributed by atoms with Gasteiger partial charge < -0.3 is 4.74 Å². The van der Waals surface area contributed by atoms with Crippen molar-refractivity contribution in [3.63, 3.8) is 0 Å². The third-order valence-corrected chi connectivity index (χ3v) is 5.21. The summed E-state index contributed by atoms with van der Waals surface area (Å²) in [6.45, 7) is 2.65. The van der Waals surface area contributed by atoms with Crippen LogP contribution < -0.4 is 4.72 Å². The zero-order valence-electron chi connectivity index (χ0n) is 14.4. The van der Waals surface area contributed by atoms with Crippen LogP contribution in [0.25, 0.3) is 0 Å². The Bertz CT molecular complexity index is 690. The van der Waals surface area contributed by atoms with Gasteiger partial charge in [0.2, 0.25) is 10.0 Å². The summed E-state index contributed by atoms with van der Waals surface area (Å²) in [5.41, 5.74) is 1.02. The highest BCUT2D eigenvalue weighted by atomic mass is 79.9. The van der Waals surface area contributed by atoms with E-state index >= 15 is 0 Å². The summed E-state index contributed by atoms with van der Waals surface area (Å²) in [4.78, 5) is 14.3. The lowest BCUT2D eigenvalue weighted by Gasteiger charge is -2.07. The minimum Gasteiger partial charge on any atom is -0.466 e. The van der Waals surface area contributed by atoms with Crippen LogP contribution in [0.15, 0.2) is 29.2 Å². The Labute approximate surface area is 158 Å². The van der Waals surface area contributed by atoms with E-state index < -0.39 is 10.0 Å². The van der Waals surface area contributed by atoms with Crippen LogP contribution in [0.5, 0.6) is 0 Å². The molecule has 0 fully saturated rings. The molecular weight excluding hydrogens is 406 g/mol. The second kappa shape index (κ2) is 12.1. The third kappa shape index (κ3) is 9.63. The van der Waals surface area contributed by atoms with Crippen LogP contribution in [0.1, 0.15) is 44.1 Å². The van der Waals surface area contributed by atoms with Gasteiger partial charge in [-0.3, -0.25) is 4.79 Å². The van der Waals surface area contributed by atoms with Crippen molar-refractivity contribution in [2.24, 2.45) is 0 Å². The molecule has 0 unspecified atom stereocenters. The Morgan fingerprint density at radius 3 is 2.56 bits per heavy atom. The summed E-state index contributed by atoms with van der Waals surface area (Å²) in [5.74, 6) is 2.61. The predicted octanol–water partition coefficient (Wildman–Crippen LogP) is 3.51. The average Bonchev–Trinajstić information content (AvgIpc) is 2.58. The first-order chi connectivity index (χ1) is 12.0. The number of benzene rings is 1. The lowest BCUT2D eigenvalue weighted by atomic mass is 10.2. The number of hydrogen-bond acceptors (Lipinski definition) is 4. The first-order valence-corrected chi connectivity index (χ1v) is 10.5. The monoisotopic (exact) mass is 429 g/mol. The highest BCUT2D eigenvalue weighted by molar-refractivity contribution is 9.12. The maximum absolute atomic E-state index is 12.1. The number of esters is 1. The molecule has 0 aliphatic carbocycles. The summed E-state index contributed by atoms with van der Waals surface area (Å²) < 4.78 is 31.8. The highest BCUT2D eigenvalue weighted by Gasteiger charge is 2.12. The number of nitrogens with one attached hydrogen (secondary N) is 1. The van der Waals surface area contributed by atoms with Gasteiger partial charge >= 0.3 is 5.97 Å². The second-order valence-corrected chi connectivity index (χ2v) is 7.78. The van der Waals surface area contributed by atoms with Gasteiger partial charge in [-0.15, -0.1) is 0 Å². The predicted molar refractivity (Wildman–Crippen MR) is 102 cm³/mol. The van der Waals surface area contributed by atoms with Crippen molar-refractivity contribution in [2.45, 2.75) is 50.3 Å². The molecule has 1 N–H and O–H groups in total. The SMILES string of the molecule is Cc1ccc(S(=O)(=O)NCCCCCOC(=O)CCCC#CBr)cc1.